The van der Waals surface area contributed by atoms with Crippen LogP contribution < -0.4 is 14.2 Å². The molecule has 0 saturated carbocycles. The summed E-state index contributed by atoms with van der Waals surface area (Å²) >= 11 is 7.10. The largest absolute Gasteiger partial charge is 0.573 e. The van der Waals surface area contributed by atoms with Gasteiger partial charge in [0.05, 0.1) is 22.3 Å². The van der Waals surface area contributed by atoms with Gasteiger partial charge in [-0.3, -0.25) is 4.72 Å². The van der Waals surface area contributed by atoms with Crippen LogP contribution in [0.25, 0.3) is 11.1 Å². The molecule has 4 aromatic rings. The third-order valence-corrected chi connectivity index (χ3v) is 6.44. The van der Waals surface area contributed by atoms with Crippen molar-refractivity contribution in [1.29, 1.82) is 0 Å². The van der Waals surface area contributed by atoms with Gasteiger partial charge in [0.1, 0.15) is 23.6 Å². The number of hydrogen-bond donors (Lipinski definition) is 1. The number of rotatable bonds is 7. The van der Waals surface area contributed by atoms with Gasteiger partial charge in [0.2, 0.25) is 5.13 Å². The van der Waals surface area contributed by atoms with E-state index in [9.17, 15) is 21.6 Å². The van der Waals surface area contributed by atoms with Crippen molar-refractivity contribution in [3.8, 4) is 28.4 Å². The molecular weight excluding hydrogens is 519 g/mol. The second kappa shape index (κ2) is 9.40. The first-order valence-electron chi connectivity index (χ1n) is 9.04. The summed E-state index contributed by atoms with van der Waals surface area (Å²) in [5, 5.41) is 7.39. The third kappa shape index (κ3) is 5.70. The number of alkyl halides is 3. The molecule has 176 valence electrons. The van der Waals surface area contributed by atoms with E-state index in [1.54, 1.807) is 0 Å². The maximum absolute atomic E-state index is 12.7. The van der Waals surface area contributed by atoms with Crippen LogP contribution in [0.5, 0.6) is 17.2 Å². The predicted octanol–water partition coefficient (Wildman–Crippen LogP) is 5.14. The highest BCUT2D eigenvalue weighted by Gasteiger charge is 2.31. The van der Waals surface area contributed by atoms with Crippen molar-refractivity contribution < 1.29 is 31.1 Å². The molecule has 0 bridgehead atoms. The Balaban J connectivity index is 1.65. The highest BCUT2D eigenvalue weighted by Crippen LogP contribution is 2.39. The van der Waals surface area contributed by atoms with E-state index in [4.69, 9.17) is 16.3 Å². The van der Waals surface area contributed by atoms with Crippen LogP contribution >= 0.6 is 23.1 Å². The number of sulfonamides is 1. The molecule has 2 heterocycles. The quantitative estimate of drug-likeness (QED) is 0.350. The molecule has 0 spiro atoms. The van der Waals surface area contributed by atoms with Crippen molar-refractivity contribution in [2.75, 3.05) is 4.72 Å². The first-order chi connectivity index (χ1) is 16.1. The van der Waals surface area contributed by atoms with Gasteiger partial charge in [-0.2, -0.15) is 14.6 Å². The smallest absolute Gasteiger partial charge is 0.455 e. The highest BCUT2D eigenvalue weighted by molar-refractivity contribution is 7.93. The summed E-state index contributed by atoms with van der Waals surface area (Å²) in [7, 11) is -3.99. The summed E-state index contributed by atoms with van der Waals surface area (Å²) in [6.07, 6.45) is -0.999. The summed E-state index contributed by atoms with van der Waals surface area (Å²) in [6.45, 7) is 0. The summed E-state index contributed by atoms with van der Waals surface area (Å²) in [5.74, 6) is -0.293. The Bertz CT molecular complexity index is 1410. The Hall–Kier alpha value is -3.49. The fraction of sp³-hybridized carbons (Fsp3) is 0.0526. The van der Waals surface area contributed by atoms with Gasteiger partial charge in [0, 0.05) is 22.7 Å². The fourth-order valence-corrected chi connectivity index (χ4v) is 4.68. The van der Waals surface area contributed by atoms with Crippen LogP contribution in [0.4, 0.5) is 18.3 Å². The molecule has 0 atom stereocenters. The Labute approximate surface area is 199 Å². The molecule has 15 heteroatoms. The van der Waals surface area contributed by atoms with E-state index in [0.717, 1.165) is 29.7 Å². The molecule has 34 heavy (non-hydrogen) atoms. The molecule has 0 radical (unpaired) electrons. The SMILES string of the molecule is O=S(=O)(Nc1ncns1)c1ccc(Oc2ccc(OC(F)(F)F)cc2-c2ccnnc2)c(Cl)c1. The van der Waals surface area contributed by atoms with Gasteiger partial charge in [-0.15, -0.1) is 13.2 Å². The minimum atomic E-state index is -4.89. The number of benzene rings is 2. The zero-order valence-corrected chi connectivity index (χ0v) is 18.9. The van der Waals surface area contributed by atoms with Gasteiger partial charge < -0.3 is 9.47 Å². The van der Waals surface area contributed by atoms with Crippen molar-refractivity contribution >= 4 is 38.3 Å². The maximum atomic E-state index is 12.7. The standard InChI is InChI=1S/C19H11ClF3N5O4S2/c20-15-8-13(34(29,30)28-18-24-10-27-33-18)2-4-17(15)31-16-3-1-12(32-19(21,22)23)7-14(16)11-5-6-25-26-9-11/h1-10H,(H,24,27,28). The first kappa shape index (κ1) is 23.7. The van der Waals surface area contributed by atoms with E-state index in [-0.39, 0.29) is 32.1 Å². The van der Waals surface area contributed by atoms with Gasteiger partial charge in [-0.1, -0.05) is 11.6 Å². The third-order valence-electron chi connectivity index (χ3n) is 4.10. The Morgan fingerprint density at radius 1 is 1.03 bits per heavy atom. The van der Waals surface area contributed by atoms with Crippen LogP contribution in [0.3, 0.4) is 0 Å². The zero-order chi connectivity index (χ0) is 24.3. The average Bonchev–Trinajstić information content (AvgIpc) is 3.28. The van der Waals surface area contributed by atoms with Crippen LogP contribution in [0.2, 0.25) is 5.02 Å². The molecule has 4 rings (SSSR count). The average molecular weight is 530 g/mol. The molecule has 0 aliphatic rings. The molecule has 0 unspecified atom stereocenters. The van der Waals surface area contributed by atoms with Crippen LogP contribution in [-0.4, -0.2) is 34.3 Å². The minimum Gasteiger partial charge on any atom is -0.455 e. The summed E-state index contributed by atoms with van der Waals surface area (Å²) in [5.41, 5.74) is 0.608. The van der Waals surface area contributed by atoms with Gasteiger partial charge in [0.15, 0.2) is 0 Å². The lowest BCUT2D eigenvalue weighted by Crippen LogP contribution is -2.17. The second-order valence-corrected chi connectivity index (χ2v) is 9.25. The Morgan fingerprint density at radius 2 is 1.82 bits per heavy atom. The number of anilines is 1. The molecule has 0 amide bonds. The van der Waals surface area contributed by atoms with Crippen molar-refractivity contribution in [3.63, 3.8) is 0 Å². The molecule has 0 saturated heterocycles. The summed E-state index contributed by atoms with van der Waals surface area (Å²) < 4.78 is 78.8. The van der Waals surface area contributed by atoms with Crippen molar-refractivity contribution in [1.82, 2.24) is 19.6 Å². The molecule has 2 aromatic carbocycles. The minimum absolute atomic E-state index is 0.0595. The van der Waals surface area contributed by atoms with Crippen molar-refractivity contribution in [2.24, 2.45) is 0 Å². The normalized spacial score (nSPS) is 11.8. The number of ether oxygens (including phenoxy) is 2. The fourth-order valence-electron chi connectivity index (χ4n) is 2.71. The lowest BCUT2D eigenvalue weighted by molar-refractivity contribution is -0.274. The van der Waals surface area contributed by atoms with E-state index in [1.807, 2.05) is 0 Å². The first-order valence-corrected chi connectivity index (χ1v) is 11.7. The molecule has 1 N–H and O–H groups in total. The zero-order valence-electron chi connectivity index (χ0n) is 16.5. The van der Waals surface area contributed by atoms with E-state index in [0.29, 0.717) is 5.56 Å². The molecule has 0 fully saturated rings. The van der Waals surface area contributed by atoms with E-state index in [1.165, 1.54) is 43.0 Å². The van der Waals surface area contributed by atoms with E-state index in [2.05, 4.69) is 29.0 Å². The number of halogens is 4. The van der Waals surface area contributed by atoms with Crippen molar-refractivity contribution in [2.45, 2.75) is 11.3 Å². The highest BCUT2D eigenvalue weighted by atomic mass is 35.5. The molecule has 2 aromatic heterocycles. The van der Waals surface area contributed by atoms with Gasteiger partial charge >= 0.3 is 6.36 Å². The van der Waals surface area contributed by atoms with Crippen LogP contribution in [0, 0.1) is 0 Å². The van der Waals surface area contributed by atoms with Crippen LogP contribution in [0.15, 0.2) is 66.1 Å². The van der Waals surface area contributed by atoms with Crippen molar-refractivity contribution in [3.05, 3.63) is 66.2 Å². The number of nitrogens with zero attached hydrogens (tertiary/aromatic N) is 4. The number of hydrogen-bond acceptors (Lipinski definition) is 9. The van der Waals surface area contributed by atoms with Gasteiger partial charge in [-0.05, 0) is 42.5 Å². The summed E-state index contributed by atoms with van der Waals surface area (Å²) in [4.78, 5) is 3.60. The summed E-state index contributed by atoms with van der Waals surface area (Å²) in [6, 6.07) is 8.69. The van der Waals surface area contributed by atoms with E-state index >= 15 is 0 Å². The number of nitrogens with one attached hydrogen (secondary N) is 1. The topological polar surface area (TPSA) is 116 Å². The van der Waals surface area contributed by atoms with Crippen LogP contribution in [-0.2, 0) is 10.0 Å². The molecule has 0 aliphatic carbocycles. The molecular formula is C19H11ClF3N5O4S2. The van der Waals surface area contributed by atoms with Gasteiger partial charge in [0.25, 0.3) is 10.0 Å². The second-order valence-electron chi connectivity index (χ2n) is 6.38. The Morgan fingerprint density at radius 3 is 2.47 bits per heavy atom. The molecule has 9 nitrogen and oxygen atoms in total. The monoisotopic (exact) mass is 529 g/mol. The predicted molar refractivity (Wildman–Crippen MR) is 116 cm³/mol. The lowest BCUT2D eigenvalue weighted by Gasteiger charge is -2.15. The van der Waals surface area contributed by atoms with Crippen LogP contribution in [0.1, 0.15) is 0 Å². The number of aromatic nitrogens is 4. The van der Waals surface area contributed by atoms with Gasteiger partial charge in [-0.25, -0.2) is 13.4 Å². The van der Waals surface area contributed by atoms with E-state index < -0.39 is 22.1 Å². The lowest BCUT2D eigenvalue weighted by atomic mass is 10.1. The molecule has 0 aliphatic heterocycles. The maximum Gasteiger partial charge on any atom is 0.573 e. The Kier molecular flexibility index (Phi) is 6.54.